The first-order valence-electron chi connectivity index (χ1n) is 7.81. The van der Waals surface area contributed by atoms with Crippen molar-refractivity contribution >= 4 is 27.7 Å². The third-order valence-corrected chi connectivity index (χ3v) is 5.07. The SMILES string of the molecule is Cc1cc(Br)cnc1N1CCC(C(=O)NC2CCC2)CC1. The molecule has 4 nitrogen and oxygen atoms in total. The van der Waals surface area contributed by atoms with Crippen molar-refractivity contribution in [1.82, 2.24) is 10.3 Å². The summed E-state index contributed by atoms with van der Waals surface area (Å²) in [5.41, 5.74) is 1.18. The summed E-state index contributed by atoms with van der Waals surface area (Å²) in [7, 11) is 0. The van der Waals surface area contributed by atoms with E-state index in [1.807, 2.05) is 6.20 Å². The predicted octanol–water partition coefficient (Wildman–Crippen LogP) is 3.04. The highest BCUT2D eigenvalue weighted by atomic mass is 79.9. The Labute approximate surface area is 134 Å². The molecule has 1 aromatic rings. The highest BCUT2D eigenvalue weighted by molar-refractivity contribution is 9.10. The summed E-state index contributed by atoms with van der Waals surface area (Å²) >= 11 is 3.45. The van der Waals surface area contributed by atoms with Crippen LogP contribution in [0.2, 0.25) is 0 Å². The fourth-order valence-electron chi connectivity index (χ4n) is 3.09. The number of piperidine rings is 1. The first kappa shape index (κ1) is 14.8. The molecule has 0 aromatic carbocycles. The van der Waals surface area contributed by atoms with Crippen LogP contribution >= 0.6 is 15.9 Å². The fourth-order valence-corrected chi connectivity index (χ4v) is 3.54. The van der Waals surface area contributed by atoms with Gasteiger partial charge in [-0.25, -0.2) is 4.98 Å². The van der Waals surface area contributed by atoms with Crippen LogP contribution in [-0.4, -0.2) is 30.0 Å². The number of nitrogens with one attached hydrogen (secondary N) is 1. The van der Waals surface area contributed by atoms with E-state index in [0.717, 1.165) is 49.1 Å². The van der Waals surface area contributed by atoms with E-state index in [9.17, 15) is 4.79 Å². The molecular weight excluding hydrogens is 330 g/mol. The Morgan fingerprint density at radius 1 is 1.33 bits per heavy atom. The minimum atomic E-state index is 0.178. The molecule has 2 heterocycles. The fraction of sp³-hybridized carbons (Fsp3) is 0.625. The molecule has 0 bridgehead atoms. The van der Waals surface area contributed by atoms with Gasteiger partial charge in [0, 0.05) is 35.7 Å². The average molecular weight is 352 g/mol. The standard InChI is InChI=1S/C16H22BrN3O/c1-11-9-13(17)10-18-15(11)20-7-5-12(6-8-20)16(21)19-14-3-2-4-14/h9-10,12,14H,2-8H2,1H3,(H,19,21). The second kappa shape index (κ2) is 6.34. The number of aryl methyl sites for hydroxylation is 1. The maximum atomic E-state index is 12.2. The number of carbonyl (C=O) groups is 1. The number of carbonyl (C=O) groups excluding carboxylic acids is 1. The molecule has 2 aliphatic rings. The summed E-state index contributed by atoms with van der Waals surface area (Å²) < 4.78 is 1.01. The number of nitrogens with zero attached hydrogens (tertiary/aromatic N) is 2. The Bertz CT molecular complexity index is 522. The smallest absolute Gasteiger partial charge is 0.223 e. The van der Waals surface area contributed by atoms with Crippen LogP contribution < -0.4 is 10.2 Å². The van der Waals surface area contributed by atoms with Crippen LogP contribution in [0.5, 0.6) is 0 Å². The summed E-state index contributed by atoms with van der Waals surface area (Å²) in [4.78, 5) is 19.0. The third kappa shape index (κ3) is 3.39. The van der Waals surface area contributed by atoms with Gasteiger partial charge in [-0.15, -0.1) is 0 Å². The molecule has 0 atom stereocenters. The van der Waals surface area contributed by atoms with E-state index in [2.05, 4.69) is 44.1 Å². The highest BCUT2D eigenvalue weighted by Crippen LogP contribution is 2.27. The maximum Gasteiger partial charge on any atom is 0.223 e. The van der Waals surface area contributed by atoms with Gasteiger partial charge >= 0.3 is 0 Å². The van der Waals surface area contributed by atoms with Crippen LogP contribution in [0.3, 0.4) is 0 Å². The largest absolute Gasteiger partial charge is 0.356 e. The first-order chi connectivity index (χ1) is 10.1. The third-order valence-electron chi connectivity index (χ3n) is 4.63. The molecule has 1 aromatic heterocycles. The number of amides is 1. The molecule has 1 saturated carbocycles. The van der Waals surface area contributed by atoms with Crippen molar-refractivity contribution in [3.8, 4) is 0 Å². The zero-order chi connectivity index (χ0) is 14.8. The van der Waals surface area contributed by atoms with Crippen molar-refractivity contribution in [1.29, 1.82) is 0 Å². The summed E-state index contributed by atoms with van der Waals surface area (Å²) in [6, 6.07) is 2.54. The second-order valence-electron chi connectivity index (χ2n) is 6.19. The van der Waals surface area contributed by atoms with Gasteiger partial charge in [0.15, 0.2) is 0 Å². The molecule has 0 radical (unpaired) electrons. The molecule has 1 aliphatic heterocycles. The molecule has 5 heteroatoms. The van der Waals surface area contributed by atoms with Gasteiger partial charge in [0.05, 0.1) is 0 Å². The van der Waals surface area contributed by atoms with Gasteiger partial charge in [0.25, 0.3) is 0 Å². The maximum absolute atomic E-state index is 12.2. The topological polar surface area (TPSA) is 45.2 Å². The Morgan fingerprint density at radius 2 is 2.05 bits per heavy atom. The molecular formula is C16H22BrN3O. The summed E-state index contributed by atoms with van der Waals surface area (Å²) in [6.45, 7) is 3.92. The Balaban J connectivity index is 1.55. The zero-order valence-corrected chi connectivity index (χ0v) is 14.0. The molecule has 1 amide bonds. The van der Waals surface area contributed by atoms with Gasteiger partial charge in [-0.3, -0.25) is 4.79 Å². The number of hydrogen-bond acceptors (Lipinski definition) is 3. The molecule has 114 valence electrons. The average Bonchev–Trinajstić information content (AvgIpc) is 2.43. The van der Waals surface area contributed by atoms with E-state index < -0.39 is 0 Å². The van der Waals surface area contributed by atoms with Crippen molar-refractivity contribution < 1.29 is 4.79 Å². The predicted molar refractivity (Wildman–Crippen MR) is 87.4 cm³/mol. The van der Waals surface area contributed by atoms with Crippen LogP contribution in [0.1, 0.15) is 37.7 Å². The number of pyridine rings is 1. The van der Waals surface area contributed by atoms with Crippen molar-refractivity contribution in [2.24, 2.45) is 5.92 Å². The number of halogens is 1. The van der Waals surface area contributed by atoms with Gasteiger partial charge in [-0.05, 0) is 66.6 Å². The Kier molecular flexibility index (Phi) is 4.48. The molecule has 2 fully saturated rings. The van der Waals surface area contributed by atoms with Gasteiger partial charge in [-0.2, -0.15) is 0 Å². The van der Waals surface area contributed by atoms with E-state index in [1.165, 1.54) is 12.0 Å². The van der Waals surface area contributed by atoms with Crippen LogP contribution in [-0.2, 0) is 4.79 Å². The van der Waals surface area contributed by atoms with E-state index in [4.69, 9.17) is 0 Å². The van der Waals surface area contributed by atoms with Crippen molar-refractivity contribution in [2.75, 3.05) is 18.0 Å². The molecule has 1 N–H and O–H groups in total. The Hall–Kier alpha value is -1.10. The molecule has 0 unspecified atom stereocenters. The van der Waals surface area contributed by atoms with Crippen LogP contribution in [0.25, 0.3) is 0 Å². The second-order valence-corrected chi connectivity index (χ2v) is 7.11. The van der Waals surface area contributed by atoms with Gasteiger partial charge < -0.3 is 10.2 Å². The Morgan fingerprint density at radius 3 is 2.62 bits per heavy atom. The lowest BCUT2D eigenvalue weighted by atomic mass is 9.90. The first-order valence-corrected chi connectivity index (χ1v) is 8.60. The number of rotatable bonds is 3. The lowest BCUT2D eigenvalue weighted by molar-refractivity contribution is -0.126. The minimum absolute atomic E-state index is 0.178. The molecule has 21 heavy (non-hydrogen) atoms. The lowest BCUT2D eigenvalue weighted by Gasteiger charge is -2.34. The van der Waals surface area contributed by atoms with Crippen molar-refractivity contribution in [2.45, 2.75) is 45.1 Å². The van der Waals surface area contributed by atoms with Crippen molar-refractivity contribution in [3.05, 3.63) is 22.3 Å². The quantitative estimate of drug-likeness (QED) is 0.910. The summed E-state index contributed by atoms with van der Waals surface area (Å²) in [5.74, 6) is 1.49. The normalized spacial score (nSPS) is 20.2. The summed E-state index contributed by atoms with van der Waals surface area (Å²) in [5, 5.41) is 3.18. The van der Waals surface area contributed by atoms with E-state index >= 15 is 0 Å². The monoisotopic (exact) mass is 351 g/mol. The molecule has 3 rings (SSSR count). The van der Waals surface area contributed by atoms with Gasteiger partial charge in [0.2, 0.25) is 5.91 Å². The molecule has 0 spiro atoms. The molecule has 1 aliphatic carbocycles. The number of anilines is 1. The summed E-state index contributed by atoms with van der Waals surface area (Å²) in [6.07, 6.45) is 7.28. The van der Waals surface area contributed by atoms with Crippen LogP contribution in [0, 0.1) is 12.8 Å². The highest BCUT2D eigenvalue weighted by Gasteiger charge is 2.28. The van der Waals surface area contributed by atoms with Crippen LogP contribution in [0.15, 0.2) is 16.7 Å². The number of hydrogen-bond donors (Lipinski definition) is 1. The van der Waals surface area contributed by atoms with Gasteiger partial charge in [0.1, 0.15) is 5.82 Å². The van der Waals surface area contributed by atoms with Crippen LogP contribution in [0.4, 0.5) is 5.82 Å². The molecule has 1 saturated heterocycles. The lowest BCUT2D eigenvalue weighted by Crippen LogP contribution is -2.46. The van der Waals surface area contributed by atoms with Gasteiger partial charge in [-0.1, -0.05) is 0 Å². The van der Waals surface area contributed by atoms with Crippen molar-refractivity contribution in [3.63, 3.8) is 0 Å². The number of aromatic nitrogens is 1. The van der Waals surface area contributed by atoms with E-state index in [0.29, 0.717) is 6.04 Å². The van der Waals surface area contributed by atoms with E-state index in [-0.39, 0.29) is 11.8 Å². The zero-order valence-electron chi connectivity index (χ0n) is 12.4. The van der Waals surface area contributed by atoms with E-state index in [1.54, 1.807) is 0 Å². The minimum Gasteiger partial charge on any atom is -0.356 e.